The van der Waals surface area contributed by atoms with Crippen LogP contribution in [0.25, 0.3) is 0 Å². The van der Waals surface area contributed by atoms with Gasteiger partial charge in [-0.2, -0.15) is 13.2 Å². The molecule has 0 saturated carbocycles. The minimum Gasteiger partial charge on any atom is -0.378 e. The first-order chi connectivity index (χ1) is 8.40. The lowest BCUT2D eigenvalue weighted by Crippen LogP contribution is -2.09. The van der Waals surface area contributed by atoms with E-state index in [1.54, 1.807) is 0 Å². The van der Waals surface area contributed by atoms with Crippen molar-refractivity contribution in [3.63, 3.8) is 0 Å². The third-order valence-corrected chi connectivity index (χ3v) is 2.16. The molecule has 0 aliphatic rings. The van der Waals surface area contributed by atoms with E-state index in [0.29, 0.717) is 0 Å². The minimum absolute atomic E-state index is 0.00937. The van der Waals surface area contributed by atoms with Crippen LogP contribution in [0, 0.1) is 10.1 Å². The van der Waals surface area contributed by atoms with E-state index in [1.807, 2.05) is 0 Å². The van der Waals surface area contributed by atoms with Gasteiger partial charge in [-0.3, -0.25) is 0 Å². The maximum absolute atomic E-state index is 11.9. The van der Waals surface area contributed by atoms with Crippen LogP contribution in [0.3, 0.4) is 0 Å². The standard InChI is InChI=1S/C10H12F3N3O2/c11-10(12,13)5-1-2-6-14-8-4-3-7-15-9(8)16(17)18/h3-4,7,14H,1-2,5-6H2. The Morgan fingerprint density at radius 3 is 2.72 bits per heavy atom. The average Bonchev–Trinajstić information content (AvgIpc) is 2.27. The lowest BCUT2D eigenvalue weighted by Gasteiger charge is -2.07. The number of nitrogens with zero attached hydrogens (tertiary/aromatic N) is 2. The van der Waals surface area contributed by atoms with Crippen LogP contribution in [-0.2, 0) is 0 Å². The molecule has 0 aliphatic carbocycles. The van der Waals surface area contributed by atoms with Crippen molar-refractivity contribution in [1.29, 1.82) is 0 Å². The number of nitro groups is 1. The second kappa shape index (κ2) is 6.18. The Morgan fingerprint density at radius 1 is 1.39 bits per heavy atom. The number of halogens is 3. The van der Waals surface area contributed by atoms with Gasteiger partial charge in [0.1, 0.15) is 11.9 Å². The summed E-state index contributed by atoms with van der Waals surface area (Å²) in [6, 6.07) is 2.99. The number of aromatic nitrogens is 1. The molecular formula is C10H12F3N3O2. The summed E-state index contributed by atoms with van der Waals surface area (Å²) in [5.74, 6) is -0.326. The van der Waals surface area contributed by atoms with Crippen molar-refractivity contribution < 1.29 is 18.1 Å². The number of anilines is 1. The van der Waals surface area contributed by atoms with Crippen LogP contribution in [0.4, 0.5) is 24.7 Å². The molecule has 100 valence electrons. The van der Waals surface area contributed by atoms with Crippen molar-refractivity contribution in [1.82, 2.24) is 4.98 Å². The third kappa shape index (κ3) is 4.98. The fourth-order valence-corrected chi connectivity index (χ4v) is 1.35. The molecule has 0 radical (unpaired) electrons. The van der Waals surface area contributed by atoms with Crippen molar-refractivity contribution >= 4 is 11.5 Å². The first kappa shape index (κ1) is 14.2. The Kier molecular flexibility index (Phi) is 4.87. The molecule has 8 heteroatoms. The summed E-state index contributed by atoms with van der Waals surface area (Å²) in [5.41, 5.74) is 0.217. The third-order valence-electron chi connectivity index (χ3n) is 2.16. The highest BCUT2D eigenvalue weighted by Crippen LogP contribution is 2.23. The highest BCUT2D eigenvalue weighted by atomic mass is 19.4. The predicted molar refractivity (Wildman–Crippen MR) is 59.3 cm³/mol. The number of nitrogens with one attached hydrogen (secondary N) is 1. The van der Waals surface area contributed by atoms with E-state index >= 15 is 0 Å². The summed E-state index contributed by atoms with van der Waals surface area (Å²) in [6.07, 6.45) is -3.44. The Bertz CT molecular complexity index is 410. The quantitative estimate of drug-likeness (QED) is 0.486. The van der Waals surface area contributed by atoms with Gasteiger partial charge in [0.05, 0.1) is 0 Å². The fourth-order valence-electron chi connectivity index (χ4n) is 1.35. The summed E-state index contributed by atoms with van der Waals surface area (Å²) >= 11 is 0. The minimum atomic E-state index is -4.15. The molecule has 0 spiro atoms. The number of unbranched alkanes of at least 4 members (excludes halogenated alkanes) is 1. The molecule has 1 rings (SSSR count). The largest absolute Gasteiger partial charge is 0.389 e. The van der Waals surface area contributed by atoms with Gasteiger partial charge in [0.2, 0.25) is 0 Å². The predicted octanol–water partition coefficient (Wildman–Crippen LogP) is 3.13. The maximum atomic E-state index is 11.9. The molecule has 0 fully saturated rings. The molecule has 1 N–H and O–H groups in total. The molecule has 0 aromatic carbocycles. The van der Waals surface area contributed by atoms with E-state index < -0.39 is 17.5 Å². The zero-order valence-electron chi connectivity index (χ0n) is 9.41. The molecule has 1 aromatic heterocycles. The van der Waals surface area contributed by atoms with E-state index in [0.717, 1.165) is 0 Å². The molecule has 0 atom stereocenters. The number of rotatable bonds is 6. The van der Waals surface area contributed by atoms with Crippen LogP contribution in [0.5, 0.6) is 0 Å². The molecule has 1 heterocycles. The molecular weight excluding hydrogens is 251 g/mol. The number of hydrogen-bond acceptors (Lipinski definition) is 4. The molecule has 0 aliphatic heterocycles. The van der Waals surface area contributed by atoms with Gasteiger partial charge in [0.15, 0.2) is 0 Å². The lowest BCUT2D eigenvalue weighted by molar-refractivity contribution is -0.388. The van der Waals surface area contributed by atoms with E-state index in [1.165, 1.54) is 18.3 Å². The Labute approximate surface area is 101 Å². The second-order valence-corrected chi connectivity index (χ2v) is 3.63. The van der Waals surface area contributed by atoms with Crippen LogP contribution < -0.4 is 5.32 Å². The number of hydrogen-bond donors (Lipinski definition) is 1. The normalized spacial score (nSPS) is 11.3. The zero-order chi connectivity index (χ0) is 13.6. The van der Waals surface area contributed by atoms with Gasteiger partial charge in [0.25, 0.3) is 0 Å². The van der Waals surface area contributed by atoms with Gasteiger partial charge in [0, 0.05) is 13.0 Å². The highest BCUT2D eigenvalue weighted by molar-refractivity contribution is 5.56. The summed E-state index contributed by atoms with van der Waals surface area (Å²) < 4.78 is 35.6. The molecule has 0 amide bonds. The summed E-state index contributed by atoms with van der Waals surface area (Å²) in [4.78, 5) is 13.5. The molecule has 5 nitrogen and oxygen atoms in total. The molecule has 18 heavy (non-hydrogen) atoms. The zero-order valence-corrected chi connectivity index (χ0v) is 9.41. The summed E-state index contributed by atoms with van der Waals surface area (Å²) in [6.45, 7) is 0.239. The second-order valence-electron chi connectivity index (χ2n) is 3.63. The van der Waals surface area contributed by atoms with Gasteiger partial charge in [-0.15, -0.1) is 0 Å². The van der Waals surface area contributed by atoms with Crippen molar-refractivity contribution in [2.45, 2.75) is 25.4 Å². The molecule has 1 aromatic rings. The van der Waals surface area contributed by atoms with Crippen molar-refractivity contribution in [3.8, 4) is 0 Å². The Balaban J connectivity index is 2.38. The van der Waals surface area contributed by atoms with Gasteiger partial charge >= 0.3 is 12.0 Å². The Morgan fingerprint density at radius 2 is 2.11 bits per heavy atom. The molecule has 0 unspecified atom stereocenters. The van der Waals surface area contributed by atoms with E-state index in [2.05, 4.69) is 10.3 Å². The van der Waals surface area contributed by atoms with Gasteiger partial charge in [-0.05, 0) is 34.9 Å². The van der Waals surface area contributed by atoms with Gasteiger partial charge < -0.3 is 15.4 Å². The molecule has 0 saturated heterocycles. The topological polar surface area (TPSA) is 68.1 Å². The lowest BCUT2D eigenvalue weighted by atomic mass is 10.2. The summed E-state index contributed by atoms with van der Waals surface area (Å²) in [7, 11) is 0. The first-order valence-electron chi connectivity index (χ1n) is 5.30. The van der Waals surface area contributed by atoms with Crippen molar-refractivity contribution in [3.05, 3.63) is 28.4 Å². The highest BCUT2D eigenvalue weighted by Gasteiger charge is 2.25. The van der Waals surface area contributed by atoms with Crippen LogP contribution in [0.1, 0.15) is 19.3 Å². The van der Waals surface area contributed by atoms with Crippen molar-refractivity contribution in [2.24, 2.45) is 0 Å². The summed E-state index contributed by atoms with van der Waals surface area (Å²) in [5, 5.41) is 13.3. The van der Waals surface area contributed by atoms with E-state index in [9.17, 15) is 23.3 Å². The van der Waals surface area contributed by atoms with Crippen LogP contribution in [0.2, 0.25) is 0 Å². The maximum Gasteiger partial charge on any atom is 0.389 e. The molecule has 0 bridgehead atoms. The first-order valence-corrected chi connectivity index (χ1v) is 5.30. The monoisotopic (exact) mass is 263 g/mol. The SMILES string of the molecule is O=[N+]([O-])c1ncccc1NCCCCC(F)(F)F. The number of alkyl halides is 3. The van der Waals surface area contributed by atoms with Crippen molar-refractivity contribution in [2.75, 3.05) is 11.9 Å². The van der Waals surface area contributed by atoms with Gasteiger partial charge in [-0.25, -0.2) is 0 Å². The van der Waals surface area contributed by atoms with E-state index in [-0.39, 0.29) is 30.9 Å². The van der Waals surface area contributed by atoms with Gasteiger partial charge in [-0.1, -0.05) is 0 Å². The van der Waals surface area contributed by atoms with Crippen LogP contribution >= 0.6 is 0 Å². The van der Waals surface area contributed by atoms with Crippen LogP contribution in [-0.4, -0.2) is 22.6 Å². The smallest absolute Gasteiger partial charge is 0.378 e. The average molecular weight is 263 g/mol. The fraction of sp³-hybridized carbons (Fsp3) is 0.500. The number of pyridine rings is 1. The van der Waals surface area contributed by atoms with Crippen LogP contribution in [0.15, 0.2) is 18.3 Å². The Hall–Kier alpha value is -1.86. The van der Waals surface area contributed by atoms with E-state index in [4.69, 9.17) is 0 Å².